The number of nitrogens with one attached hydrogen (secondary N) is 1. The van der Waals surface area contributed by atoms with Gasteiger partial charge in [0, 0.05) is 10.7 Å². The first-order valence-corrected chi connectivity index (χ1v) is 7.14. The fourth-order valence-corrected chi connectivity index (χ4v) is 2.18. The standard InChI is InChI=1S/C17H18ClNO2/c1-11-7-8-16(12(2)9-11)21-13(3)17(20)19-15-6-4-5-14(18)10-15/h4-10,13H,1-3H3,(H,19,20). The van der Waals surface area contributed by atoms with Gasteiger partial charge in [0.1, 0.15) is 5.75 Å². The molecular formula is C17H18ClNO2. The first-order valence-electron chi connectivity index (χ1n) is 6.76. The second-order valence-electron chi connectivity index (χ2n) is 5.03. The van der Waals surface area contributed by atoms with Gasteiger partial charge in [0.05, 0.1) is 0 Å². The average molecular weight is 304 g/mol. The number of halogens is 1. The van der Waals surface area contributed by atoms with Gasteiger partial charge in [-0.05, 0) is 50.6 Å². The minimum Gasteiger partial charge on any atom is -0.481 e. The highest BCUT2D eigenvalue weighted by molar-refractivity contribution is 6.30. The SMILES string of the molecule is Cc1ccc(OC(C)C(=O)Nc2cccc(Cl)c2)c(C)c1. The number of rotatable bonds is 4. The molecule has 4 heteroatoms. The maximum atomic E-state index is 12.1. The summed E-state index contributed by atoms with van der Waals surface area (Å²) in [5.74, 6) is 0.506. The van der Waals surface area contributed by atoms with Crippen molar-refractivity contribution in [2.45, 2.75) is 26.9 Å². The quantitative estimate of drug-likeness (QED) is 0.911. The molecule has 1 amide bonds. The number of ether oxygens (including phenoxy) is 1. The molecule has 0 saturated carbocycles. The highest BCUT2D eigenvalue weighted by Gasteiger charge is 2.16. The summed E-state index contributed by atoms with van der Waals surface area (Å²) in [4.78, 5) is 12.1. The topological polar surface area (TPSA) is 38.3 Å². The molecule has 0 radical (unpaired) electrons. The van der Waals surface area contributed by atoms with Gasteiger partial charge in [-0.3, -0.25) is 4.79 Å². The number of carbonyl (C=O) groups is 1. The lowest BCUT2D eigenvalue weighted by atomic mass is 10.1. The lowest BCUT2D eigenvalue weighted by Crippen LogP contribution is -2.30. The van der Waals surface area contributed by atoms with Crippen LogP contribution in [0.5, 0.6) is 5.75 Å². The summed E-state index contributed by atoms with van der Waals surface area (Å²) in [6, 6.07) is 12.9. The van der Waals surface area contributed by atoms with E-state index in [0.29, 0.717) is 16.5 Å². The number of anilines is 1. The molecule has 0 heterocycles. The Kier molecular flexibility index (Phi) is 4.86. The number of carbonyl (C=O) groups excluding carboxylic acids is 1. The highest BCUT2D eigenvalue weighted by atomic mass is 35.5. The predicted octanol–water partition coefficient (Wildman–Crippen LogP) is 4.36. The molecule has 0 aliphatic rings. The Morgan fingerprint density at radius 2 is 1.95 bits per heavy atom. The van der Waals surface area contributed by atoms with Crippen LogP contribution in [0.1, 0.15) is 18.1 Å². The highest BCUT2D eigenvalue weighted by Crippen LogP contribution is 2.21. The summed E-state index contributed by atoms with van der Waals surface area (Å²) in [6.45, 7) is 5.70. The van der Waals surface area contributed by atoms with E-state index < -0.39 is 6.10 Å². The summed E-state index contributed by atoms with van der Waals surface area (Å²) >= 11 is 5.89. The Labute approximate surface area is 129 Å². The van der Waals surface area contributed by atoms with Gasteiger partial charge in [0.15, 0.2) is 6.10 Å². The van der Waals surface area contributed by atoms with Gasteiger partial charge < -0.3 is 10.1 Å². The van der Waals surface area contributed by atoms with Gasteiger partial charge in [-0.25, -0.2) is 0 Å². The van der Waals surface area contributed by atoms with E-state index in [1.54, 1.807) is 31.2 Å². The molecule has 0 spiro atoms. The van der Waals surface area contributed by atoms with E-state index in [1.165, 1.54) is 0 Å². The molecule has 0 aromatic heterocycles. The molecule has 0 fully saturated rings. The van der Waals surface area contributed by atoms with Crippen molar-refractivity contribution >= 4 is 23.2 Å². The second kappa shape index (κ2) is 6.64. The molecular weight excluding hydrogens is 286 g/mol. The molecule has 1 atom stereocenters. The van der Waals surface area contributed by atoms with E-state index in [9.17, 15) is 4.79 Å². The van der Waals surface area contributed by atoms with Crippen LogP contribution in [-0.4, -0.2) is 12.0 Å². The van der Waals surface area contributed by atoms with Gasteiger partial charge in [0.2, 0.25) is 0 Å². The Morgan fingerprint density at radius 1 is 1.19 bits per heavy atom. The molecule has 0 saturated heterocycles. The van der Waals surface area contributed by atoms with E-state index in [4.69, 9.17) is 16.3 Å². The number of aryl methyl sites for hydroxylation is 2. The lowest BCUT2D eigenvalue weighted by Gasteiger charge is -2.16. The molecule has 1 N–H and O–H groups in total. The van der Waals surface area contributed by atoms with Crippen LogP contribution in [0.15, 0.2) is 42.5 Å². The summed E-state index contributed by atoms with van der Waals surface area (Å²) in [6.07, 6.45) is -0.592. The Hall–Kier alpha value is -2.00. The minimum absolute atomic E-state index is 0.211. The first kappa shape index (κ1) is 15.4. The van der Waals surface area contributed by atoms with Crippen molar-refractivity contribution in [1.29, 1.82) is 0 Å². The van der Waals surface area contributed by atoms with Gasteiger partial charge in [-0.15, -0.1) is 0 Å². The van der Waals surface area contributed by atoms with Gasteiger partial charge in [-0.1, -0.05) is 35.4 Å². The molecule has 0 aliphatic carbocycles. The summed E-state index contributed by atoms with van der Waals surface area (Å²) in [7, 11) is 0. The van der Waals surface area contributed by atoms with E-state index >= 15 is 0 Å². The van der Waals surface area contributed by atoms with Crippen molar-refractivity contribution in [2.24, 2.45) is 0 Å². The van der Waals surface area contributed by atoms with Crippen molar-refractivity contribution in [3.63, 3.8) is 0 Å². The number of hydrogen-bond acceptors (Lipinski definition) is 2. The normalized spacial score (nSPS) is 11.8. The first-order chi connectivity index (χ1) is 9.95. The molecule has 3 nitrogen and oxygen atoms in total. The summed E-state index contributed by atoms with van der Waals surface area (Å²) in [5.41, 5.74) is 2.83. The van der Waals surface area contributed by atoms with Crippen LogP contribution in [0.4, 0.5) is 5.69 Å². The average Bonchev–Trinajstić information content (AvgIpc) is 2.41. The van der Waals surface area contributed by atoms with Gasteiger partial charge in [-0.2, -0.15) is 0 Å². The molecule has 2 aromatic carbocycles. The molecule has 2 aromatic rings. The van der Waals surface area contributed by atoms with Gasteiger partial charge in [0.25, 0.3) is 5.91 Å². The molecule has 21 heavy (non-hydrogen) atoms. The molecule has 110 valence electrons. The largest absolute Gasteiger partial charge is 0.481 e. The van der Waals surface area contributed by atoms with E-state index in [-0.39, 0.29) is 5.91 Å². The smallest absolute Gasteiger partial charge is 0.265 e. The molecule has 0 bridgehead atoms. The Balaban J connectivity index is 2.02. The van der Waals surface area contributed by atoms with E-state index in [1.807, 2.05) is 32.0 Å². The zero-order valence-electron chi connectivity index (χ0n) is 12.3. The number of benzene rings is 2. The third kappa shape index (κ3) is 4.23. The molecule has 2 rings (SSSR count). The Morgan fingerprint density at radius 3 is 2.62 bits per heavy atom. The third-order valence-corrected chi connectivity index (χ3v) is 3.33. The van der Waals surface area contributed by atoms with Crippen LogP contribution in [0.3, 0.4) is 0 Å². The predicted molar refractivity (Wildman–Crippen MR) is 86.1 cm³/mol. The number of hydrogen-bond donors (Lipinski definition) is 1. The van der Waals surface area contributed by atoms with E-state index in [0.717, 1.165) is 11.1 Å². The maximum absolute atomic E-state index is 12.1. The van der Waals surface area contributed by atoms with Crippen molar-refractivity contribution in [3.05, 3.63) is 58.6 Å². The van der Waals surface area contributed by atoms with Crippen LogP contribution in [0.2, 0.25) is 5.02 Å². The maximum Gasteiger partial charge on any atom is 0.265 e. The minimum atomic E-state index is -0.592. The van der Waals surface area contributed by atoms with Crippen molar-refractivity contribution < 1.29 is 9.53 Å². The zero-order chi connectivity index (χ0) is 15.4. The van der Waals surface area contributed by atoms with Crippen LogP contribution in [0, 0.1) is 13.8 Å². The summed E-state index contributed by atoms with van der Waals surface area (Å²) in [5, 5.41) is 3.36. The Bertz CT molecular complexity index is 655. The van der Waals surface area contributed by atoms with Crippen LogP contribution in [-0.2, 0) is 4.79 Å². The van der Waals surface area contributed by atoms with Crippen LogP contribution >= 0.6 is 11.6 Å². The van der Waals surface area contributed by atoms with Crippen LogP contribution in [0.25, 0.3) is 0 Å². The fraction of sp³-hybridized carbons (Fsp3) is 0.235. The van der Waals surface area contributed by atoms with Crippen molar-refractivity contribution in [3.8, 4) is 5.75 Å². The van der Waals surface area contributed by atoms with E-state index in [2.05, 4.69) is 5.32 Å². The monoisotopic (exact) mass is 303 g/mol. The fourth-order valence-electron chi connectivity index (χ4n) is 1.99. The zero-order valence-corrected chi connectivity index (χ0v) is 13.1. The summed E-state index contributed by atoms with van der Waals surface area (Å²) < 4.78 is 5.72. The van der Waals surface area contributed by atoms with Crippen molar-refractivity contribution in [2.75, 3.05) is 5.32 Å². The van der Waals surface area contributed by atoms with Crippen LogP contribution < -0.4 is 10.1 Å². The lowest BCUT2D eigenvalue weighted by molar-refractivity contribution is -0.122. The third-order valence-electron chi connectivity index (χ3n) is 3.10. The molecule has 1 unspecified atom stereocenters. The van der Waals surface area contributed by atoms with Gasteiger partial charge >= 0.3 is 0 Å². The number of amides is 1. The molecule has 0 aliphatic heterocycles. The van der Waals surface area contributed by atoms with Crippen molar-refractivity contribution in [1.82, 2.24) is 0 Å². The second-order valence-corrected chi connectivity index (χ2v) is 5.47.